The monoisotopic (exact) mass is 301 g/mol. The van der Waals surface area contributed by atoms with Crippen LogP contribution in [0.5, 0.6) is 0 Å². The van der Waals surface area contributed by atoms with Crippen molar-refractivity contribution in [2.75, 3.05) is 5.75 Å². The molecule has 21 heavy (non-hydrogen) atoms. The lowest BCUT2D eigenvalue weighted by molar-refractivity contribution is -0.133. The van der Waals surface area contributed by atoms with Crippen molar-refractivity contribution in [3.63, 3.8) is 0 Å². The van der Waals surface area contributed by atoms with E-state index >= 15 is 0 Å². The molecule has 1 saturated carbocycles. The summed E-state index contributed by atoms with van der Waals surface area (Å²) in [6.07, 6.45) is 2.14. The molecule has 1 fully saturated rings. The lowest BCUT2D eigenvalue weighted by Gasteiger charge is -2.35. The third-order valence-corrected chi connectivity index (χ3v) is 4.76. The summed E-state index contributed by atoms with van der Waals surface area (Å²) >= 11 is 1.24. The molecule has 0 amide bonds. The summed E-state index contributed by atoms with van der Waals surface area (Å²) in [5.74, 6) is -0.168. The molecule has 1 heterocycles. The molecule has 0 bridgehead atoms. The van der Waals surface area contributed by atoms with E-state index in [1.807, 2.05) is 12.1 Å². The molecule has 0 unspecified atom stereocenters. The van der Waals surface area contributed by atoms with Gasteiger partial charge >= 0.3 is 5.97 Å². The standard InChI is InChI=1S/C15H15N3O2S/c1-9-4-11(5-9)18-13-6-10(7-16)2-3-12(13)17-15(18)21-8-14(19)20/h2-3,6,9,11H,4-5,8H2,1H3,(H,19,20). The summed E-state index contributed by atoms with van der Waals surface area (Å²) in [6, 6.07) is 7.92. The fourth-order valence-corrected chi connectivity index (χ4v) is 3.59. The molecule has 1 aliphatic rings. The number of carboxylic acids is 1. The first kappa shape index (κ1) is 14.0. The van der Waals surface area contributed by atoms with Crippen LogP contribution in [0, 0.1) is 17.2 Å². The van der Waals surface area contributed by atoms with Crippen LogP contribution < -0.4 is 0 Å². The van der Waals surface area contributed by atoms with E-state index in [1.165, 1.54) is 11.8 Å². The normalized spacial score (nSPS) is 21.0. The number of fused-ring (bicyclic) bond motifs is 1. The Kier molecular flexibility index (Phi) is 3.60. The van der Waals surface area contributed by atoms with E-state index in [0.29, 0.717) is 17.5 Å². The largest absolute Gasteiger partial charge is 0.481 e. The van der Waals surface area contributed by atoms with Crippen LogP contribution >= 0.6 is 11.8 Å². The van der Waals surface area contributed by atoms with Gasteiger partial charge in [-0.15, -0.1) is 0 Å². The van der Waals surface area contributed by atoms with Gasteiger partial charge in [-0.25, -0.2) is 4.98 Å². The van der Waals surface area contributed by atoms with Gasteiger partial charge in [-0.2, -0.15) is 5.26 Å². The van der Waals surface area contributed by atoms with E-state index in [2.05, 4.69) is 22.5 Å². The number of nitriles is 1. The van der Waals surface area contributed by atoms with Crippen molar-refractivity contribution >= 4 is 28.8 Å². The number of nitrogens with zero attached hydrogens (tertiary/aromatic N) is 3. The summed E-state index contributed by atoms with van der Waals surface area (Å²) in [6.45, 7) is 2.21. The van der Waals surface area contributed by atoms with Crippen LogP contribution in [0.1, 0.15) is 31.4 Å². The Morgan fingerprint density at radius 2 is 2.33 bits per heavy atom. The summed E-state index contributed by atoms with van der Waals surface area (Å²) in [7, 11) is 0. The van der Waals surface area contributed by atoms with Gasteiger partial charge < -0.3 is 9.67 Å². The van der Waals surface area contributed by atoms with Gasteiger partial charge in [0.2, 0.25) is 0 Å². The van der Waals surface area contributed by atoms with Gasteiger partial charge in [0.1, 0.15) is 0 Å². The van der Waals surface area contributed by atoms with E-state index in [-0.39, 0.29) is 5.75 Å². The maximum absolute atomic E-state index is 10.8. The van der Waals surface area contributed by atoms with Crippen molar-refractivity contribution in [1.82, 2.24) is 9.55 Å². The zero-order valence-corrected chi connectivity index (χ0v) is 12.4. The number of aromatic nitrogens is 2. The van der Waals surface area contributed by atoms with Gasteiger partial charge in [-0.3, -0.25) is 4.79 Å². The van der Waals surface area contributed by atoms with Crippen molar-refractivity contribution in [3.8, 4) is 6.07 Å². The van der Waals surface area contributed by atoms with Gasteiger partial charge in [0, 0.05) is 6.04 Å². The lowest BCUT2D eigenvalue weighted by atomic mass is 9.81. The molecule has 3 rings (SSSR count). The van der Waals surface area contributed by atoms with Gasteiger partial charge in [0.25, 0.3) is 0 Å². The Morgan fingerprint density at radius 3 is 2.95 bits per heavy atom. The molecule has 1 aliphatic carbocycles. The Labute approximate surface area is 126 Å². The average molecular weight is 301 g/mol. The molecule has 1 aromatic heterocycles. The summed E-state index contributed by atoms with van der Waals surface area (Å²) in [4.78, 5) is 15.3. The van der Waals surface area contributed by atoms with Gasteiger partial charge in [0.05, 0.1) is 28.4 Å². The highest BCUT2D eigenvalue weighted by atomic mass is 32.2. The Bertz CT molecular complexity index is 741. The fraction of sp³-hybridized carbons (Fsp3) is 0.400. The molecule has 0 aliphatic heterocycles. The molecular formula is C15H15N3O2S. The number of carboxylic acid groups (broad SMARTS) is 1. The van der Waals surface area contributed by atoms with Crippen molar-refractivity contribution in [3.05, 3.63) is 23.8 Å². The topological polar surface area (TPSA) is 78.9 Å². The van der Waals surface area contributed by atoms with Crippen LogP contribution in [-0.2, 0) is 4.79 Å². The number of hydrogen-bond acceptors (Lipinski definition) is 4. The first-order valence-corrected chi connectivity index (χ1v) is 7.83. The molecule has 0 radical (unpaired) electrons. The second kappa shape index (κ2) is 5.41. The quantitative estimate of drug-likeness (QED) is 0.878. The Hall–Kier alpha value is -2.00. The number of thioether (sulfide) groups is 1. The Balaban J connectivity index is 2.05. The van der Waals surface area contributed by atoms with E-state index in [9.17, 15) is 4.79 Å². The number of imidazole rings is 1. The van der Waals surface area contributed by atoms with E-state index < -0.39 is 5.97 Å². The summed E-state index contributed by atoms with van der Waals surface area (Å²) in [5.41, 5.74) is 2.35. The molecule has 2 aromatic rings. The third kappa shape index (κ3) is 2.61. The van der Waals surface area contributed by atoms with Crippen molar-refractivity contribution in [2.45, 2.75) is 31.0 Å². The molecule has 0 saturated heterocycles. The van der Waals surface area contributed by atoms with Crippen molar-refractivity contribution in [2.24, 2.45) is 5.92 Å². The second-order valence-corrected chi connectivity index (χ2v) is 6.43. The van der Waals surface area contributed by atoms with E-state index in [1.54, 1.807) is 6.07 Å². The number of hydrogen-bond donors (Lipinski definition) is 1. The van der Waals surface area contributed by atoms with Gasteiger partial charge in [-0.05, 0) is 37.0 Å². The highest BCUT2D eigenvalue weighted by molar-refractivity contribution is 7.99. The summed E-state index contributed by atoms with van der Waals surface area (Å²) < 4.78 is 2.11. The second-order valence-electron chi connectivity index (χ2n) is 5.49. The highest BCUT2D eigenvalue weighted by Crippen LogP contribution is 2.41. The minimum absolute atomic E-state index is 0.00327. The number of carbonyl (C=O) groups is 1. The number of aliphatic carboxylic acids is 1. The molecule has 1 aromatic carbocycles. The molecule has 6 heteroatoms. The minimum atomic E-state index is -0.849. The van der Waals surface area contributed by atoms with E-state index in [0.717, 1.165) is 29.0 Å². The third-order valence-electron chi connectivity index (χ3n) is 3.83. The van der Waals surface area contributed by atoms with Crippen molar-refractivity contribution < 1.29 is 9.90 Å². The number of benzene rings is 1. The highest BCUT2D eigenvalue weighted by Gasteiger charge is 2.30. The molecule has 1 N–H and O–H groups in total. The predicted octanol–water partition coefficient (Wildman–Crippen LogP) is 3.06. The van der Waals surface area contributed by atoms with Crippen LogP contribution in [0.15, 0.2) is 23.4 Å². The molecule has 5 nitrogen and oxygen atoms in total. The first-order chi connectivity index (χ1) is 10.1. The predicted molar refractivity (Wildman–Crippen MR) is 80.2 cm³/mol. The van der Waals surface area contributed by atoms with E-state index in [4.69, 9.17) is 10.4 Å². The van der Waals surface area contributed by atoms with Crippen LogP contribution in [0.4, 0.5) is 0 Å². The van der Waals surface area contributed by atoms with Gasteiger partial charge in [0.15, 0.2) is 5.16 Å². The zero-order valence-electron chi connectivity index (χ0n) is 11.6. The van der Waals surface area contributed by atoms with Crippen LogP contribution in [0.2, 0.25) is 0 Å². The SMILES string of the molecule is CC1CC(n2c(SCC(=O)O)nc3ccc(C#N)cc32)C1. The van der Waals surface area contributed by atoms with Crippen LogP contribution in [-0.4, -0.2) is 26.4 Å². The molecular weight excluding hydrogens is 286 g/mol. The fourth-order valence-electron chi connectivity index (χ4n) is 2.79. The minimum Gasteiger partial charge on any atom is -0.481 e. The molecule has 0 atom stereocenters. The van der Waals surface area contributed by atoms with Crippen LogP contribution in [0.3, 0.4) is 0 Å². The van der Waals surface area contributed by atoms with Crippen LogP contribution in [0.25, 0.3) is 11.0 Å². The summed E-state index contributed by atoms with van der Waals surface area (Å²) in [5, 5.41) is 18.7. The number of rotatable bonds is 4. The maximum Gasteiger partial charge on any atom is 0.313 e. The average Bonchev–Trinajstić information content (AvgIpc) is 2.78. The zero-order chi connectivity index (χ0) is 15.0. The maximum atomic E-state index is 10.8. The Morgan fingerprint density at radius 1 is 1.57 bits per heavy atom. The molecule has 0 spiro atoms. The van der Waals surface area contributed by atoms with Crippen molar-refractivity contribution in [1.29, 1.82) is 5.26 Å². The molecule has 108 valence electrons. The lowest BCUT2D eigenvalue weighted by Crippen LogP contribution is -2.25. The first-order valence-electron chi connectivity index (χ1n) is 6.85. The smallest absolute Gasteiger partial charge is 0.313 e. The van der Waals surface area contributed by atoms with Gasteiger partial charge in [-0.1, -0.05) is 18.7 Å².